The van der Waals surface area contributed by atoms with Gasteiger partial charge in [0, 0.05) is 19.3 Å². The molecule has 5 heteroatoms. The van der Waals surface area contributed by atoms with Gasteiger partial charge in [-0.3, -0.25) is 4.79 Å². The van der Waals surface area contributed by atoms with Gasteiger partial charge in [0.2, 0.25) is 5.78 Å². The lowest BCUT2D eigenvalue weighted by molar-refractivity contribution is 0.103. The minimum absolute atomic E-state index is 0.212. The number of anilines is 2. The summed E-state index contributed by atoms with van der Waals surface area (Å²) in [4.78, 5) is 23.9. The number of rotatable bonds is 8. The maximum Gasteiger partial charge on any atom is 0.215 e. The molecule has 0 aliphatic rings. The molecule has 2 aromatic heterocycles. The third-order valence-electron chi connectivity index (χ3n) is 5.70. The van der Waals surface area contributed by atoms with E-state index in [2.05, 4.69) is 66.2 Å². The van der Waals surface area contributed by atoms with Gasteiger partial charge in [-0.05, 0) is 52.9 Å². The summed E-state index contributed by atoms with van der Waals surface area (Å²) in [6.07, 6.45) is 2.56. The molecule has 32 heavy (non-hydrogen) atoms. The highest BCUT2D eigenvalue weighted by Gasteiger charge is 2.18. The first kappa shape index (κ1) is 21.5. The molecule has 0 fully saturated rings. The number of aromatic nitrogens is 2. The van der Waals surface area contributed by atoms with Crippen molar-refractivity contribution in [3.8, 4) is 0 Å². The van der Waals surface area contributed by atoms with Crippen molar-refractivity contribution in [1.82, 2.24) is 9.97 Å². The fraction of sp³-hybridized carbons (Fsp3) is 0.222. The second kappa shape index (κ2) is 9.60. The number of carbonyl (C=O) groups is 1. The molecule has 2 aromatic carbocycles. The Labute approximate surface area is 188 Å². The number of nitrogens with zero attached hydrogens (tertiary/aromatic N) is 3. The predicted molar refractivity (Wildman–Crippen MR) is 131 cm³/mol. The summed E-state index contributed by atoms with van der Waals surface area (Å²) in [6, 6.07) is 24.0. The summed E-state index contributed by atoms with van der Waals surface area (Å²) in [5.74, 6) is 1.12. The zero-order valence-corrected chi connectivity index (χ0v) is 18.5. The van der Waals surface area contributed by atoms with Gasteiger partial charge in [0.05, 0.1) is 5.56 Å². The number of nitrogens with two attached hydrogens (primary N) is 1. The average molecular weight is 425 g/mol. The molecular weight excluding hydrogens is 396 g/mol. The predicted octanol–water partition coefficient (Wildman–Crippen LogP) is 5.46. The number of carbonyl (C=O) groups excluding carboxylic acids is 1. The van der Waals surface area contributed by atoms with Gasteiger partial charge in [-0.15, -0.1) is 0 Å². The molecular formula is C27H28N4O. The largest absolute Gasteiger partial charge is 0.383 e. The Bertz CT molecular complexity index is 1240. The van der Waals surface area contributed by atoms with Crippen LogP contribution >= 0.6 is 0 Å². The number of fused-ring (bicyclic) bond motifs is 1. The average Bonchev–Trinajstić information content (AvgIpc) is 2.83. The van der Waals surface area contributed by atoms with Crippen molar-refractivity contribution in [1.29, 1.82) is 0 Å². The molecule has 0 radical (unpaired) electrons. The molecule has 162 valence electrons. The molecule has 1 atom stereocenters. The Morgan fingerprint density at radius 1 is 1.00 bits per heavy atom. The van der Waals surface area contributed by atoms with Crippen LogP contribution in [0.2, 0.25) is 0 Å². The number of hydrogen-bond donors (Lipinski definition) is 1. The maximum absolute atomic E-state index is 13.0. The van der Waals surface area contributed by atoms with Crippen LogP contribution in [0.1, 0.15) is 47.8 Å². The van der Waals surface area contributed by atoms with Crippen LogP contribution in [0.3, 0.4) is 0 Å². The van der Waals surface area contributed by atoms with E-state index in [1.165, 1.54) is 16.3 Å². The fourth-order valence-electron chi connectivity index (χ4n) is 3.99. The standard InChI is InChI=1S/C27H28N4O/c1-3-16-31(18-19(2)21-14-13-20-8-4-5-9-22(20)17-21)25-12-6-11-24(30-25)26(32)23-10-7-15-29-27(23)28/h4-15,17,19H,3,16,18H2,1-2H3,(H2,28,29). The molecule has 0 amide bonds. The Balaban J connectivity index is 1.58. The monoisotopic (exact) mass is 424 g/mol. The van der Waals surface area contributed by atoms with Gasteiger partial charge in [-0.2, -0.15) is 0 Å². The van der Waals surface area contributed by atoms with E-state index < -0.39 is 0 Å². The summed E-state index contributed by atoms with van der Waals surface area (Å²) in [7, 11) is 0. The quantitative estimate of drug-likeness (QED) is 0.380. The fourth-order valence-corrected chi connectivity index (χ4v) is 3.99. The molecule has 2 heterocycles. The van der Waals surface area contributed by atoms with E-state index in [4.69, 9.17) is 10.7 Å². The summed E-state index contributed by atoms with van der Waals surface area (Å²) in [5, 5.41) is 2.50. The van der Waals surface area contributed by atoms with Crippen molar-refractivity contribution in [2.45, 2.75) is 26.2 Å². The second-order valence-electron chi connectivity index (χ2n) is 8.10. The molecule has 0 saturated carbocycles. The third kappa shape index (κ3) is 4.62. The van der Waals surface area contributed by atoms with Gasteiger partial charge in [0.25, 0.3) is 0 Å². The lowest BCUT2D eigenvalue weighted by Gasteiger charge is -2.27. The Hall–Kier alpha value is -3.73. The normalized spacial score (nSPS) is 11.9. The SMILES string of the molecule is CCCN(CC(C)c1ccc2ccccc2c1)c1cccc(C(=O)c2cccnc2N)n1. The summed E-state index contributed by atoms with van der Waals surface area (Å²) >= 11 is 0. The van der Waals surface area contributed by atoms with Crippen LogP contribution in [0.4, 0.5) is 11.6 Å². The van der Waals surface area contributed by atoms with Crippen molar-refractivity contribution in [3.05, 3.63) is 95.8 Å². The van der Waals surface area contributed by atoms with Crippen molar-refractivity contribution in [2.24, 2.45) is 0 Å². The molecule has 0 bridgehead atoms. The first-order valence-corrected chi connectivity index (χ1v) is 11.0. The molecule has 5 nitrogen and oxygen atoms in total. The van der Waals surface area contributed by atoms with E-state index in [9.17, 15) is 4.79 Å². The van der Waals surface area contributed by atoms with Gasteiger partial charge in [0.1, 0.15) is 17.3 Å². The van der Waals surface area contributed by atoms with Crippen molar-refractivity contribution in [3.63, 3.8) is 0 Å². The summed E-state index contributed by atoms with van der Waals surface area (Å²) < 4.78 is 0. The Morgan fingerprint density at radius 2 is 1.81 bits per heavy atom. The number of hydrogen-bond acceptors (Lipinski definition) is 5. The molecule has 2 N–H and O–H groups in total. The molecule has 0 aliphatic heterocycles. The van der Waals surface area contributed by atoms with E-state index in [0.29, 0.717) is 17.2 Å². The van der Waals surface area contributed by atoms with Crippen molar-refractivity contribution < 1.29 is 4.79 Å². The summed E-state index contributed by atoms with van der Waals surface area (Å²) in [5.41, 5.74) is 7.95. The third-order valence-corrected chi connectivity index (χ3v) is 5.70. The van der Waals surface area contributed by atoms with Crippen LogP contribution in [-0.2, 0) is 0 Å². The van der Waals surface area contributed by atoms with Crippen molar-refractivity contribution >= 4 is 28.2 Å². The van der Waals surface area contributed by atoms with Gasteiger partial charge in [-0.25, -0.2) is 9.97 Å². The first-order chi connectivity index (χ1) is 15.6. The molecule has 0 spiro atoms. The lowest BCUT2D eigenvalue weighted by atomic mass is 9.97. The highest BCUT2D eigenvalue weighted by atomic mass is 16.1. The Morgan fingerprint density at radius 3 is 2.59 bits per heavy atom. The van der Waals surface area contributed by atoms with Gasteiger partial charge in [0.15, 0.2) is 0 Å². The van der Waals surface area contributed by atoms with Crippen LogP contribution in [0.15, 0.2) is 79.0 Å². The highest BCUT2D eigenvalue weighted by molar-refractivity contribution is 6.10. The molecule has 0 aliphatic carbocycles. The van der Waals surface area contributed by atoms with Crippen LogP contribution in [0.5, 0.6) is 0 Å². The highest BCUT2D eigenvalue weighted by Crippen LogP contribution is 2.25. The van der Waals surface area contributed by atoms with Gasteiger partial charge < -0.3 is 10.6 Å². The number of nitrogen functional groups attached to an aromatic ring is 1. The van der Waals surface area contributed by atoms with Crippen LogP contribution in [0, 0.1) is 0 Å². The van der Waals surface area contributed by atoms with Crippen molar-refractivity contribution in [2.75, 3.05) is 23.7 Å². The topological polar surface area (TPSA) is 72.1 Å². The zero-order chi connectivity index (χ0) is 22.5. The van der Waals surface area contributed by atoms with Crippen LogP contribution < -0.4 is 10.6 Å². The van der Waals surface area contributed by atoms with E-state index in [0.717, 1.165) is 25.3 Å². The van der Waals surface area contributed by atoms with E-state index in [1.54, 1.807) is 24.4 Å². The molecule has 1 unspecified atom stereocenters. The smallest absolute Gasteiger partial charge is 0.215 e. The molecule has 4 rings (SSSR count). The van der Waals surface area contributed by atoms with Crippen LogP contribution in [0.25, 0.3) is 10.8 Å². The second-order valence-corrected chi connectivity index (χ2v) is 8.10. The van der Waals surface area contributed by atoms with Gasteiger partial charge >= 0.3 is 0 Å². The van der Waals surface area contributed by atoms with E-state index >= 15 is 0 Å². The Kier molecular flexibility index (Phi) is 6.45. The summed E-state index contributed by atoms with van der Waals surface area (Å²) in [6.45, 7) is 6.06. The maximum atomic E-state index is 13.0. The number of pyridine rings is 2. The molecule has 4 aromatic rings. The lowest BCUT2D eigenvalue weighted by Crippen LogP contribution is -2.29. The van der Waals surface area contributed by atoms with E-state index in [-0.39, 0.29) is 11.6 Å². The van der Waals surface area contributed by atoms with Gasteiger partial charge in [-0.1, -0.05) is 62.4 Å². The minimum atomic E-state index is -0.212. The number of benzene rings is 2. The zero-order valence-electron chi connectivity index (χ0n) is 18.5. The number of ketones is 1. The first-order valence-electron chi connectivity index (χ1n) is 11.0. The molecule has 0 saturated heterocycles. The minimum Gasteiger partial charge on any atom is -0.383 e. The van der Waals surface area contributed by atoms with E-state index in [1.807, 2.05) is 12.1 Å². The van der Waals surface area contributed by atoms with Crippen LogP contribution in [-0.4, -0.2) is 28.8 Å².